The van der Waals surface area contributed by atoms with E-state index in [4.69, 9.17) is 4.74 Å². The highest BCUT2D eigenvalue weighted by molar-refractivity contribution is 5.94. The predicted octanol–water partition coefficient (Wildman–Crippen LogP) is 3.46. The minimum absolute atomic E-state index is 0.0464. The first-order chi connectivity index (χ1) is 12.5. The van der Waals surface area contributed by atoms with Gasteiger partial charge in [0.05, 0.1) is 12.1 Å². The van der Waals surface area contributed by atoms with Gasteiger partial charge in [-0.2, -0.15) is 0 Å². The molecule has 3 unspecified atom stereocenters. The second-order valence-corrected chi connectivity index (χ2v) is 7.40. The summed E-state index contributed by atoms with van der Waals surface area (Å²) in [6.45, 7) is 2.09. The minimum Gasteiger partial charge on any atom is -0.379 e. The minimum atomic E-state index is -0.997. The Hall–Kier alpha value is -1.53. The molecule has 3 rings (SSSR count). The Labute approximate surface area is 154 Å². The molecule has 0 spiro atoms. The second kappa shape index (κ2) is 8.44. The number of likely N-dealkylation sites (N-methyl/N-ethyl adjacent to an activating group) is 1. The van der Waals surface area contributed by atoms with E-state index in [-0.39, 0.29) is 29.7 Å². The van der Waals surface area contributed by atoms with Crippen LogP contribution < -0.4 is 0 Å². The normalized spacial score (nSPS) is 27.3. The van der Waals surface area contributed by atoms with Crippen LogP contribution in [0.5, 0.6) is 0 Å². The molecule has 0 radical (unpaired) electrons. The molecule has 144 valence electrons. The molecule has 6 heteroatoms. The smallest absolute Gasteiger partial charge is 0.254 e. The van der Waals surface area contributed by atoms with Crippen LogP contribution in [0.4, 0.5) is 8.78 Å². The number of hydrogen-bond donors (Lipinski definition) is 0. The van der Waals surface area contributed by atoms with E-state index < -0.39 is 11.6 Å². The van der Waals surface area contributed by atoms with Crippen molar-refractivity contribution in [2.75, 3.05) is 27.2 Å². The number of benzene rings is 1. The fraction of sp³-hybridized carbons (Fsp3) is 0.650. The number of methoxy groups -OCH3 is 1. The number of rotatable bonds is 4. The molecule has 1 aromatic carbocycles. The largest absolute Gasteiger partial charge is 0.379 e. The molecule has 4 nitrogen and oxygen atoms in total. The van der Waals surface area contributed by atoms with Crippen molar-refractivity contribution in [1.29, 1.82) is 0 Å². The molecule has 1 heterocycles. The molecule has 1 aliphatic carbocycles. The van der Waals surface area contributed by atoms with Crippen molar-refractivity contribution in [2.24, 2.45) is 0 Å². The first kappa shape index (κ1) is 19.2. The molecule has 3 atom stereocenters. The number of amides is 1. The van der Waals surface area contributed by atoms with Gasteiger partial charge in [0.2, 0.25) is 0 Å². The maximum absolute atomic E-state index is 13.6. The quantitative estimate of drug-likeness (QED) is 0.818. The van der Waals surface area contributed by atoms with E-state index in [1.54, 1.807) is 19.1 Å². The highest BCUT2D eigenvalue weighted by Crippen LogP contribution is 2.31. The van der Waals surface area contributed by atoms with Gasteiger partial charge in [-0.3, -0.25) is 9.69 Å². The van der Waals surface area contributed by atoms with E-state index in [0.717, 1.165) is 44.5 Å². The lowest BCUT2D eigenvalue weighted by molar-refractivity contribution is -0.0438. The van der Waals surface area contributed by atoms with Crippen molar-refractivity contribution in [2.45, 2.75) is 56.7 Å². The first-order valence-corrected chi connectivity index (χ1v) is 9.52. The maximum atomic E-state index is 13.6. The molecule has 1 aromatic rings. The molecule has 0 aromatic heterocycles. The van der Waals surface area contributed by atoms with Crippen LogP contribution in [0.1, 0.15) is 48.9 Å². The van der Waals surface area contributed by atoms with Crippen LogP contribution >= 0.6 is 0 Å². The summed E-state index contributed by atoms with van der Waals surface area (Å²) in [6, 6.07) is 3.49. The van der Waals surface area contributed by atoms with Gasteiger partial charge >= 0.3 is 0 Å². The van der Waals surface area contributed by atoms with Gasteiger partial charge in [0.25, 0.3) is 5.91 Å². The molecular formula is C20H28F2N2O2. The summed E-state index contributed by atoms with van der Waals surface area (Å²) in [7, 11) is 3.44. The topological polar surface area (TPSA) is 32.8 Å². The van der Waals surface area contributed by atoms with Gasteiger partial charge in [-0.15, -0.1) is 0 Å². The summed E-state index contributed by atoms with van der Waals surface area (Å²) < 4.78 is 32.5. The number of likely N-dealkylation sites (tertiary alicyclic amines) is 1. The third kappa shape index (κ3) is 3.91. The summed E-state index contributed by atoms with van der Waals surface area (Å²) in [6.07, 6.45) is 6.58. The Morgan fingerprint density at radius 3 is 2.50 bits per heavy atom. The molecule has 0 N–H and O–H groups in total. The molecule has 1 saturated heterocycles. The lowest BCUT2D eigenvalue weighted by atomic mass is 9.84. The van der Waals surface area contributed by atoms with Gasteiger partial charge in [-0.25, -0.2) is 8.78 Å². The van der Waals surface area contributed by atoms with Crippen molar-refractivity contribution in [3.05, 3.63) is 35.4 Å². The average Bonchev–Trinajstić information content (AvgIpc) is 2.69. The fourth-order valence-electron chi connectivity index (χ4n) is 4.50. The summed E-state index contributed by atoms with van der Waals surface area (Å²) in [5.41, 5.74) is 0.171. The van der Waals surface area contributed by atoms with E-state index in [1.165, 1.54) is 25.3 Å². The lowest BCUT2D eigenvalue weighted by Gasteiger charge is -2.48. The van der Waals surface area contributed by atoms with Gasteiger partial charge in [-0.1, -0.05) is 6.42 Å². The van der Waals surface area contributed by atoms with E-state index in [2.05, 4.69) is 4.90 Å². The summed E-state index contributed by atoms with van der Waals surface area (Å²) in [5.74, 6) is -2.23. The zero-order chi connectivity index (χ0) is 18.7. The number of hydrogen-bond acceptors (Lipinski definition) is 3. The SMILES string of the molecule is COC1CCCC(N2CCCCC2)C1N(C)C(=O)c1ccc(F)c(F)c1. The summed E-state index contributed by atoms with van der Waals surface area (Å²) in [5, 5.41) is 0. The van der Waals surface area contributed by atoms with Gasteiger partial charge < -0.3 is 9.64 Å². The van der Waals surface area contributed by atoms with Crippen molar-refractivity contribution < 1.29 is 18.3 Å². The standard InChI is InChI=1S/C20H28F2N2O2/c1-23(20(25)14-9-10-15(21)16(22)13-14)19-17(7-6-8-18(19)26-2)24-11-4-3-5-12-24/h9-10,13,17-19H,3-8,11-12H2,1-2H3. The fourth-order valence-corrected chi connectivity index (χ4v) is 4.50. The van der Waals surface area contributed by atoms with E-state index in [9.17, 15) is 13.6 Å². The Bertz CT molecular complexity index is 634. The third-order valence-electron chi connectivity index (χ3n) is 5.86. The molecular weight excluding hydrogens is 338 g/mol. The zero-order valence-corrected chi connectivity index (χ0v) is 15.6. The average molecular weight is 366 g/mol. The highest BCUT2D eigenvalue weighted by Gasteiger charge is 2.41. The van der Waals surface area contributed by atoms with Crippen LogP contribution in [-0.4, -0.2) is 61.1 Å². The second-order valence-electron chi connectivity index (χ2n) is 7.40. The van der Waals surface area contributed by atoms with Crippen molar-refractivity contribution >= 4 is 5.91 Å². The number of ether oxygens (including phenoxy) is 1. The number of nitrogens with zero attached hydrogens (tertiary/aromatic N) is 2. The molecule has 26 heavy (non-hydrogen) atoms. The number of piperidine rings is 1. The zero-order valence-electron chi connectivity index (χ0n) is 15.6. The van der Waals surface area contributed by atoms with Crippen LogP contribution in [0.3, 0.4) is 0 Å². The Morgan fingerprint density at radius 2 is 1.85 bits per heavy atom. The van der Waals surface area contributed by atoms with Gasteiger partial charge in [0.15, 0.2) is 11.6 Å². The van der Waals surface area contributed by atoms with E-state index in [1.807, 2.05) is 0 Å². The van der Waals surface area contributed by atoms with E-state index in [0.29, 0.717) is 0 Å². The van der Waals surface area contributed by atoms with Crippen molar-refractivity contribution in [3.8, 4) is 0 Å². The first-order valence-electron chi connectivity index (χ1n) is 9.52. The predicted molar refractivity (Wildman–Crippen MR) is 96.1 cm³/mol. The molecule has 2 aliphatic rings. The monoisotopic (exact) mass is 366 g/mol. The van der Waals surface area contributed by atoms with Crippen molar-refractivity contribution in [3.63, 3.8) is 0 Å². The molecule has 1 aliphatic heterocycles. The number of halogens is 2. The van der Waals surface area contributed by atoms with Gasteiger partial charge in [-0.05, 0) is 63.4 Å². The van der Waals surface area contributed by atoms with Gasteiger partial charge in [0, 0.05) is 25.8 Å². The highest BCUT2D eigenvalue weighted by atomic mass is 19.2. The Morgan fingerprint density at radius 1 is 1.12 bits per heavy atom. The lowest BCUT2D eigenvalue weighted by Crippen LogP contribution is -2.60. The van der Waals surface area contributed by atoms with Crippen molar-refractivity contribution in [1.82, 2.24) is 9.80 Å². The van der Waals surface area contributed by atoms with Crippen LogP contribution in [-0.2, 0) is 4.74 Å². The van der Waals surface area contributed by atoms with Crippen LogP contribution in [0, 0.1) is 11.6 Å². The van der Waals surface area contributed by atoms with Crippen LogP contribution in [0.2, 0.25) is 0 Å². The molecule has 2 fully saturated rings. The Balaban J connectivity index is 1.84. The molecule has 0 bridgehead atoms. The van der Waals surface area contributed by atoms with Gasteiger partial charge in [0.1, 0.15) is 0 Å². The number of carbonyl (C=O) groups excluding carboxylic acids is 1. The van der Waals surface area contributed by atoms with Crippen LogP contribution in [0.15, 0.2) is 18.2 Å². The van der Waals surface area contributed by atoms with E-state index >= 15 is 0 Å². The summed E-state index contributed by atoms with van der Waals surface area (Å²) >= 11 is 0. The molecule has 1 saturated carbocycles. The maximum Gasteiger partial charge on any atom is 0.254 e. The molecule has 1 amide bonds. The van der Waals surface area contributed by atoms with Crippen LogP contribution in [0.25, 0.3) is 0 Å². The summed E-state index contributed by atoms with van der Waals surface area (Å²) in [4.78, 5) is 17.1. The number of carbonyl (C=O) groups is 1. The third-order valence-corrected chi connectivity index (χ3v) is 5.86. The Kier molecular flexibility index (Phi) is 6.24.